The normalized spacial score (nSPS) is 20.1. The van der Waals surface area contributed by atoms with Gasteiger partial charge in [0.05, 0.1) is 28.4 Å². The highest BCUT2D eigenvalue weighted by atomic mass is 16.6. The summed E-state index contributed by atoms with van der Waals surface area (Å²) >= 11 is 0. The maximum atomic E-state index is 14.4. The summed E-state index contributed by atoms with van der Waals surface area (Å²) in [4.78, 5) is 26.3. The highest BCUT2D eigenvalue weighted by Crippen LogP contribution is 2.60. The van der Waals surface area contributed by atoms with E-state index in [0.717, 1.165) is 11.3 Å². The Morgan fingerprint density at radius 3 is 1.81 bits per heavy atom. The van der Waals surface area contributed by atoms with Gasteiger partial charge < -0.3 is 33.2 Å². The second-order valence-corrected chi connectivity index (χ2v) is 10.2. The van der Waals surface area contributed by atoms with E-state index in [1.54, 1.807) is 70.9 Å². The van der Waals surface area contributed by atoms with Gasteiger partial charge in [0.2, 0.25) is 0 Å². The maximum absolute atomic E-state index is 14.4. The van der Waals surface area contributed by atoms with Gasteiger partial charge in [-0.2, -0.15) is 0 Å². The molecule has 9 heteroatoms. The molecule has 0 aromatic heterocycles. The van der Waals surface area contributed by atoms with Gasteiger partial charge in [-0.15, -0.1) is 0 Å². The van der Waals surface area contributed by atoms with E-state index in [1.807, 2.05) is 36.4 Å². The van der Waals surface area contributed by atoms with E-state index in [0.29, 0.717) is 39.5 Å². The first-order valence-corrected chi connectivity index (χ1v) is 13.6. The number of rotatable bonds is 9. The van der Waals surface area contributed by atoms with E-state index in [4.69, 9.17) is 33.2 Å². The van der Waals surface area contributed by atoms with Crippen molar-refractivity contribution < 1.29 is 42.7 Å². The number of methoxy groups -OCH3 is 4. The monoisotopic (exact) mass is 582 g/mol. The Hall–Kier alpha value is -5.02. The van der Waals surface area contributed by atoms with Crippen LogP contribution >= 0.6 is 0 Å². The summed E-state index contributed by atoms with van der Waals surface area (Å²) in [6.45, 7) is 1.32. The van der Waals surface area contributed by atoms with Crippen molar-refractivity contribution in [3.8, 4) is 34.5 Å². The molecule has 9 nitrogen and oxygen atoms in total. The predicted molar refractivity (Wildman–Crippen MR) is 155 cm³/mol. The van der Waals surface area contributed by atoms with Crippen LogP contribution in [0.15, 0.2) is 78.9 Å². The van der Waals surface area contributed by atoms with Gasteiger partial charge in [-0.1, -0.05) is 24.3 Å². The van der Waals surface area contributed by atoms with Crippen molar-refractivity contribution in [1.29, 1.82) is 0 Å². The van der Waals surface area contributed by atoms with Crippen molar-refractivity contribution in [2.75, 3.05) is 28.4 Å². The van der Waals surface area contributed by atoms with Gasteiger partial charge in [0.25, 0.3) is 0 Å². The van der Waals surface area contributed by atoms with E-state index >= 15 is 0 Å². The molecular weight excluding hydrogens is 552 g/mol. The Balaban J connectivity index is 1.61. The van der Waals surface area contributed by atoms with Gasteiger partial charge in [0.15, 0.2) is 0 Å². The lowest BCUT2D eigenvalue weighted by Gasteiger charge is -2.30. The maximum Gasteiger partial charge on any atom is 0.331 e. The summed E-state index contributed by atoms with van der Waals surface area (Å²) in [5.41, 5.74) is 1.91. The minimum Gasteiger partial charge on any atom is -0.497 e. The Morgan fingerprint density at radius 2 is 1.26 bits per heavy atom. The van der Waals surface area contributed by atoms with Crippen LogP contribution in [0.4, 0.5) is 0 Å². The van der Waals surface area contributed by atoms with Crippen molar-refractivity contribution in [3.63, 3.8) is 0 Å². The number of benzene rings is 4. The van der Waals surface area contributed by atoms with Gasteiger partial charge in [-0.05, 0) is 64.7 Å². The molecule has 2 aliphatic rings. The first-order valence-electron chi connectivity index (χ1n) is 13.6. The summed E-state index contributed by atoms with van der Waals surface area (Å²) in [5, 5.41) is 0. The molecule has 3 atom stereocenters. The Kier molecular flexibility index (Phi) is 7.19. The van der Waals surface area contributed by atoms with E-state index in [9.17, 15) is 9.59 Å². The zero-order chi connectivity index (χ0) is 30.3. The lowest BCUT2D eigenvalue weighted by molar-refractivity contribution is -0.135. The Morgan fingerprint density at radius 1 is 0.674 bits per heavy atom. The summed E-state index contributed by atoms with van der Waals surface area (Å²) in [6.07, 6.45) is -0.774. The van der Waals surface area contributed by atoms with Crippen LogP contribution in [0, 0.1) is 0 Å². The lowest BCUT2D eigenvalue weighted by Crippen LogP contribution is -2.37. The topological polar surface area (TPSA) is 102 Å². The van der Waals surface area contributed by atoms with Crippen LogP contribution in [0.1, 0.15) is 46.9 Å². The molecule has 0 radical (unpaired) electrons. The van der Waals surface area contributed by atoms with Crippen LogP contribution in [-0.2, 0) is 19.7 Å². The van der Waals surface area contributed by atoms with Crippen LogP contribution < -0.4 is 28.4 Å². The zero-order valence-electron chi connectivity index (χ0n) is 24.3. The molecule has 4 aromatic carbocycles. The van der Waals surface area contributed by atoms with Crippen molar-refractivity contribution >= 4 is 11.9 Å². The number of hydrogen-bond acceptors (Lipinski definition) is 9. The summed E-state index contributed by atoms with van der Waals surface area (Å²) in [6, 6.07) is 23.5. The highest BCUT2D eigenvalue weighted by Gasteiger charge is 2.57. The fourth-order valence-corrected chi connectivity index (χ4v) is 5.77. The van der Waals surface area contributed by atoms with Crippen LogP contribution in [0.2, 0.25) is 0 Å². The first kappa shape index (κ1) is 28.1. The van der Waals surface area contributed by atoms with Crippen molar-refractivity contribution in [1.82, 2.24) is 0 Å². The largest absolute Gasteiger partial charge is 0.497 e. The van der Waals surface area contributed by atoms with Crippen LogP contribution in [0.3, 0.4) is 0 Å². The van der Waals surface area contributed by atoms with Crippen LogP contribution in [0.25, 0.3) is 0 Å². The number of fused-ring (bicyclic) bond motifs is 1. The molecule has 6 rings (SSSR count). The Labute approximate surface area is 248 Å². The fraction of sp³-hybridized carbons (Fsp3) is 0.235. The molecule has 0 amide bonds. The van der Waals surface area contributed by atoms with Crippen molar-refractivity contribution in [2.24, 2.45) is 0 Å². The van der Waals surface area contributed by atoms with E-state index in [1.165, 1.54) is 6.92 Å². The minimum atomic E-state index is -1.45. The van der Waals surface area contributed by atoms with Gasteiger partial charge in [-0.25, -0.2) is 4.79 Å². The number of ether oxygens (including phenoxy) is 7. The molecule has 4 aromatic rings. The standard InChI is InChI=1S/C34H30O9/c1-19(35)41-27-17-28(32-31(43-32)20-6-10-23(37-2)11-7-20)30-29(18-27)42-33(36)34(30,21-8-12-24(38-3)13-9-21)22-14-25(39-4)16-26(15-22)40-5/h6-18,31-32H,1-5H3/t31?,32?,34-/m1/s1. The molecular formula is C34H30O9. The molecule has 1 fully saturated rings. The molecule has 0 saturated carbocycles. The highest BCUT2D eigenvalue weighted by molar-refractivity contribution is 5.99. The number of carbonyl (C=O) groups excluding carboxylic acids is 2. The molecule has 2 heterocycles. The number of carbonyl (C=O) groups is 2. The van der Waals surface area contributed by atoms with Gasteiger partial charge in [0, 0.05) is 24.6 Å². The van der Waals surface area contributed by atoms with E-state index < -0.39 is 23.5 Å². The van der Waals surface area contributed by atoms with Gasteiger partial charge in [-0.3, -0.25) is 4.79 Å². The first-order chi connectivity index (χ1) is 20.8. The molecule has 2 aliphatic heterocycles. The molecule has 43 heavy (non-hydrogen) atoms. The molecule has 0 bridgehead atoms. The van der Waals surface area contributed by atoms with Crippen molar-refractivity contribution in [2.45, 2.75) is 24.5 Å². The third-order valence-corrected chi connectivity index (χ3v) is 7.80. The van der Waals surface area contributed by atoms with E-state index in [-0.39, 0.29) is 17.6 Å². The predicted octanol–water partition coefficient (Wildman–Crippen LogP) is 5.71. The molecule has 1 saturated heterocycles. The third-order valence-electron chi connectivity index (χ3n) is 7.80. The second-order valence-electron chi connectivity index (χ2n) is 10.2. The fourth-order valence-electron chi connectivity index (χ4n) is 5.77. The molecule has 0 spiro atoms. The third kappa shape index (κ3) is 4.81. The number of esters is 2. The van der Waals surface area contributed by atoms with Crippen LogP contribution in [0.5, 0.6) is 34.5 Å². The average molecular weight is 583 g/mol. The van der Waals surface area contributed by atoms with E-state index in [2.05, 4.69) is 0 Å². The summed E-state index contributed by atoms with van der Waals surface area (Å²) in [7, 11) is 6.29. The SMILES string of the molecule is COc1ccc(C2OC2c2cc(OC(C)=O)cc3c2[C@@](c2ccc(OC)cc2)(c2cc(OC)cc(OC)c2)C(=O)O3)cc1. The average Bonchev–Trinajstić information content (AvgIpc) is 3.77. The molecule has 0 aliphatic carbocycles. The number of hydrogen-bond donors (Lipinski definition) is 0. The summed E-state index contributed by atoms with van der Waals surface area (Å²) < 4.78 is 39.7. The lowest BCUT2D eigenvalue weighted by atomic mass is 9.68. The summed E-state index contributed by atoms with van der Waals surface area (Å²) in [5.74, 6) is 1.82. The molecule has 0 N–H and O–H groups in total. The van der Waals surface area contributed by atoms with Crippen molar-refractivity contribution in [3.05, 3.63) is 107 Å². The molecule has 2 unspecified atom stereocenters. The van der Waals surface area contributed by atoms with Gasteiger partial charge in [0.1, 0.15) is 52.1 Å². The number of epoxide rings is 1. The quantitative estimate of drug-likeness (QED) is 0.139. The molecule has 220 valence electrons. The minimum absolute atomic E-state index is 0.242. The Bertz CT molecular complexity index is 1670. The smallest absolute Gasteiger partial charge is 0.331 e. The zero-order valence-corrected chi connectivity index (χ0v) is 24.3. The van der Waals surface area contributed by atoms with Gasteiger partial charge >= 0.3 is 11.9 Å². The second kappa shape index (κ2) is 11.0. The van der Waals surface area contributed by atoms with Crippen LogP contribution in [-0.4, -0.2) is 40.4 Å².